The summed E-state index contributed by atoms with van der Waals surface area (Å²) in [6, 6.07) is 20.1. The SMILES string of the molecule is Cn1ccnc1SCC(O)C(S)c1nc(-c2ccccc2)c(-c2ccccc2)[nH]1. The molecule has 0 aliphatic heterocycles. The molecule has 7 heteroatoms. The van der Waals surface area contributed by atoms with Crippen molar-refractivity contribution in [2.24, 2.45) is 7.05 Å². The van der Waals surface area contributed by atoms with Crippen LogP contribution < -0.4 is 0 Å². The zero-order valence-corrected chi connectivity index (χ0v) is 17.6. The van der Waals surface area contributed by atoms with E-state index in [9.17, 15) is 5.11 Å². The van der Waals surface area contributed by atoms with Crippen LogP contribution in [0.4, 0.5) is 0 Å². The van der Waals surface area contributed by atoms with Gasteiger partial charge in [0.05, 0.1) is 22.7 Å². The number of hydrogen-bond acceptors (Lipinski definition) is 5. The molecule has 0 amide bonds. The third-order valence-electron chi connectivity index (χ3n) is 4.64. The Labute approximate surface area is 179 Å². The van der Waals surface area contributed by atoms with E-state index in [-0.39, 0.29) is 0 Å². The van der Waals surface area contributed by atoms with Gasteiger partial charge in [-0.1, -0.05) is 72.4 Å². The van der Waals surface area contributed by atoms with Crippen LogP contribution in [0.5, 0.6) is 0 Å². The number of H-pyrrole nitrogens is 1. The summed E-state index contributed by atoms with van der Waals surface area (Å²) in [5.74, 6) is 1.13. The number of rotatable bonds is 7. The van der Waals surface area contributed by atoms with E-state index in [1.54, 1.807) is 6.20 Å². The molecule has 4 rings (SSSR count). The van der Waals surface area contributed by atoms with Crippen molar-refractivity contribution in [3.05, 3.63) is 78.9 Å². The number of benzene rings is 2. The second-order valence-corrected chi connectivity index (χ2v) is 8.27. The molecule has 29 heavy (non-hydrogen) atoms. The first kappa shape index (κ1) is 19.8. The number of hydrogen-bond donors (Lipinski definition) is 3. The van der Waals surface area contributed by atoms with E-state index in [0.29, 0.717) is 11.6 Å². The van der Waals surface area contributed by atoms with E-state index in [1.807, 2.05) is 78.5 Å². The van der Waals surface area contributed by atoms with Gasteiger partial charge in [-0.25, -0.2) is 9.97 Å². The Kier molecular flexibility index (Phi) is 6.08. The molecule has 2 atom stereocenters. The molecule has 2 unspecified atom stereocenters. The van der Waals surface area contributed by atoms with Gasteiger partial charge >= 0.3 is 0 Å². The highest BCUT2D eigenvalue weighted by molar-refractivity contribution is 7.99. The van der Waals surface area contributed by atoms with Crippen molar-refractivity contribution in [3.63, 3.8) is 0 Å². The molecule has 2 aromatic carbocycles. The van der Waals surface area contributed by atoms with Crippen molar-refractivity contribution < 1.29 is 5.11 Å². The number of aliphatic hydroxyl groups excluding tert-OH is 1. The maximum absolute atomic E-state index is 10.7. The Balaban J connectivity index is 1.61. The maximum Gasteiger partial charge on any atom is 0.167 e. The first-order valence-corrected chi connectivity index (χ1v) is 10.8. The highest BCUT2D eigenvalue weighted by Crippen LogP contribution is 2.34. The van der Waals surface area contributed by atoms with E-state index in [1.165, 1.54) is 11.8 Å². The summed E-state index contributed by atoms with van der Waals surface area (Å²) in [4.78, 5) is 12.5. The van der Waals surface area contributed by atoms with Gasteiger partial charge < -0.3 is 14.7 Å². The first-order chi connectivity index (χ1) is 14.1. The smallest absolute Gasteiger partial charge is 0.167 e. The normalized spacial score (nSPS) is 13.3. The highest BCUT2D eigenvalue weighted by atomic mass is 32.2. The van der Waals surface area contributed by atoms with Crippen LogP contribution >= 0.6 is 24.4 Å². The Bertz CT molecular complexity index is 1010. The van der Waals surface area contributed by atoms with Crippen LogP contribution in [-0.2, 0) is 7.05 Å². The van der Waals surface area contributed by atoms with Crippen molar-refractivity contribution in [3.8, 4) is 22.5 Å². The van der Waals surface area contributed by atoms with Crippen LogP contribution in [0, 0.1) is 0 Å². The topological polar surface area (TPSA) is 66.7 Å². The molecule has 0 saturated carbocycles. The van der Waals surface area contributed by atoms with Crippen LogP contribution in [0.1, 0.15) is 11.1 Å². The molecule has 148 valence electrons. The van der Waals surface area contributed by atoms with Crippen LogP contribution in [0.25, 0.3) is 22.5 Å². The Hall–Kier alpha value is -2.48. The fourth-order valence-electron chi connectivity index (χ4n) is 3.07. The molecule has 4 aromatic rings. The second-order valence-electron chi connectivity index (χ2n) is 6.72. The molecule has 0 aliphatic rings. The zero-order chi connectivity index (χ0) is 20.2. The number of thioether (sulfide) groups is 1. The lowest BCUT2D eigenvalue weighted by Gasteiger charge is -2.15. The van der Waals surface area contributed by atoms with E-state index in [2.05, 4.69) is 22.6 Å². The highest BCUT2D eigenvalue weighted by Gasteiger charge is 2.24. The number of aromatic nitrogens is 4. The van der Waals surface area contributed by atoms with E-state index < -0.39 is 11.4 Å². The summed E-state index contributed by atoms with van der Waals surface area (Å²) in [6.45, 7) is 0. The van der Waals surface area contributed by atoms with Crippen LogP contribution in [-0.4, -0.2) is 36.5 Å². The number of thiol groups is 1. The molecule has 0 spiro atoms. The summed E-state index contributed by atoms with van der Waals surface area (Å²) < 4.78 is 1.93. The first-order valence-electron chi connectivity index (χ1n) is 9.30. The summed E-state index contributed by atoms with van der Waals surface area (Å²) >= 11 is 6.17. The lowest BCUT2D eigenvalue weighted by molar-refractivity contribution is 0.195. The molecule has 0 radical (unpaired) electrons. The molecule has 2 N–H and O–H groups in total. The van der Waals surface area contributed by atoms with Crippen molar-refractivity contribution in [2.45, 2.75) is 16.5 Å². The lowest BCUT2D eigenvalue weighted by atomic mass is 10.1. The van der Waals surface area contributed by atoms with Crippen LogP contribution in [0.3, 0.4) is 0 Å². The predicted octanol–water partition coefficient (Wildman–Crippen LogP) is 4.60. The standard InChI is InChI=1S/C22H22N4OS2/c1-26-13-12-23-22(26)29-14-17(27)20(28)21-24-18(15-8-4-2-5-9-15)19(25-21)16-10-6-3-7-11-16/h2-13,17,20,27-28H,14H2,1H3,(H,24,25). The van der Waals surface area contributed by atoms with Crippen molar-refractivity contribution in [1.29, 1.82) is 0 Å². The minimum Gasteiger partial charge on any atom is -0.391 e. The minimum absolute atomic E-state index is 0.442. The van der Waals surface area contributed by atoms with Gasteiger partial charge in [-0.05, 0) is 0 Å². The van der Waals surface area contributed by atoms with Crippen LogP contribution in [0.15, 0.2) is 78.2 Å². The van der Waals surface area contributed by atoms with Crippen molar-refractivity contribution in [2.75, 3.05) is 5.75 Å². The number of aryl methyl sites for hydroxylation is 1. The fourth-order valence-corrected chi connectivity index (χ4v) is 4.36. The molecule has 0 saturated heterocycles. The number of nitrogens with zero attached hydrogens (tertiary/aromatic N) is 3. The summed E-state index contributed by atoms with van der Waals surface area (Å²) in [6.07, 6.45) is 2.95. The second kappa shape index (κ2) is 8.90. The largest absolute Gasteiger partial charge is 0.391 e. The summed E-state index contributed by atoms with van der Waals surface area (Å²) in [5.41, 5.74) is 3.85. The molecule has 2 heterocycles. The number of imidazole rings is 2. The van der Waals surface area contributed by atoms with Gasteiger partial charge in [0.15, 0.2) is 5.16 Å². The monoisotopic (exact) mass is 422 g/mol. The zero-order valence-electron chi connectivity index (χ0n) is 15.9. The van der Waals surface area contributed by atoms with E-state index >= 15 is 0 Å². The van der Waals surface area contributed by atoms with E-state index in [0.717, 1.165) is 27.7 Å². The van der Waals surface area contributed by atoms with Gasteiger partial charge in [0, 0.05) is 36.3 Å². The van der Waals surface area contributed by atoms with Gasteiger partial charge in [0.1, 0.15) is 5.82 Å². The lowest BCUT2D eigenvalue weighted by Crippen LogP contribution is -2.18. The molecule has 5 nitrogen and oxygen atoms in total. The maximum atomic E-state index is 10.7. The van der Waals surface area contributed by atoms with E-state index in [4.69, 9.17) is 4.98 Å². The summed E-state index contributed by atoms with van der Waals surface area (Å²) in [7, 11) is 1.94. The molecule has 2 aromatic heterocycles. The molecular formula is C22H22N4OS2. The number of nitrogens with one attached hydrogen (secondary N) is 1. The third-order valence-corrected chi connectivity index (χ3v) is 6.39. The van der Waals surface area contributed by atoms with Crippen molar-refractivity contribution in [1.82, 2.24) is 19.5 Å². The molecule has 0 aliphatic carbocycles. The van der Waals surface area contributed by atoms with Gasteiger partial charge in [-0.3, -0.25) is 0 Å². The third kappa shape index (κ3) is 4.42. The quantitative estimate of drug-likeness (QED) is 0.301. The minimum atomic E-state index is -0.682. The molecule has 0 bridgehead atoms. The average Bonchev–Trinajstić information content (AvgIpc) is 3.39. The van der Waals surface area contributed by atoms with Gasteiger partial charge in [0.2, 0.25) is 0 Å². The molecule has 0 fully saturated rings. The number of aliphatic hydroxyl groups is 1. The average molecular weight is 423 g/mol. The number of aromatic amines is 1. The Morgan fingerprint density at radius 1 is 1.07 bits per heavy atom. The Morgan fingerprint density at radius 2 is 1.72 bits per heavy atom. The Morgan fingerprint density at radius 3 is 2.34 bits per heavy atom. The van der Waals surface area contributed by atoms with Crippen LogP contribution in [0.2, 0.25) is 0 Å². The van der Waals surface area contributed by atoms with Gasteiger partial charge in [0.25, 0.3) is 0 Å². The fraction of sp³-hybridized carbons (Fsp3) is 0.182. The predicted molar refractivity (Wildman–Crippen MR) is 121 cm³/mol. The summed E-state index contributed by atoms with van der Waals surface area (Å²) in [5, 5.41) is 11.1. The molecular weight excluding hydrogens is 400 g/mol. The van der Waals surface area contributed by atoms with Gasteiger partial charge in [-0.2, -0.15) is 12.6 Å². The van der Waals surface area contributed by atoms with Crippen molar-refractivity contribution >= 4 is 24.4 Å². The van der Waals surface area contributed by atoms with Gasteiger partial charge in [-0.15, -0.1) is 0 Å².